The Labute approximate surface area is 124 Å². The fourth-order valence-electron chi connectivity index (χ4n) is 3.78. The Morgan fingerprint density at radius 1 is 1.29 bits per heavy atom. The van der Waals surface area contributed by atoms with Gasteiger partial charge in [0.2, 0.25) is 0 Å². The smallest absolute Gasteiger partial charge is 0.328 e. The minimum Gasteiger partial charge on any atom is -0.467 e. The molecule has 1 aromatic rings. The van der Waals surface area contributed by atoms with E-state index in [1.807, 2.05) is 6.92 Å². The van der Waals surface area contributed by atoms with Crippen LogP contribution in [0.4, 0.5) is 0 Å². The molecule has 5 heteroatoms. The van der Waals surface area contributed by atoms with Crippen LogP contribution in [0.5, 0.6) is 0 Å². The SMILES string of the molecule is COC(=O)[C@@H]1C[C@@H]2CCCC[C@@H]2N1C(=O)c1ccc(C)o1. The molecule has 2 heterocycles. The maximum Gasteiger partial charge on any atom is 0.328 e. The van der Waals surface area contributed by atoms with Crippen LogP contribution < -0.4 is 0 Å². The van der Waals surface area contributed by atoms with Crippen molar-refractivity contribution in [1.29, 1.82) is 0 Å². The standard InChI is InChI=1S/C16H21NO4/c1-10-7-8-14(21-10)15(18)17-12-6-4-3-5-11(12)9-13(17)16(19)20-2/h7-8,11-13H,3-6,9H2,1-2H3/t11-,12-,13-/m0/s1. The molecule has 0 bridgehead atoms. The Morgan fingerprint density at radius 2 is 2.05 bits per heavy atom. The molecule has 2 fully saturated rings. The molecule has 21 heavy (non-hydrogen) atoms. The third-order valence-corrected chi connectivity index (χ3v) is 4.75. The van der Waals surface area contributed by atoms with E-state index in [0.717, 1.165) is 19.3 Å². The lowest BCUT2D eigenvalue weighted by Gasteiger charge is -2.32. The van der Waals surface area contributed by atoms with E-state index in [2.05, 4.69) is 0 Å². The van der Waals surface area contributed by atoms with Crippen molar-refractivity contribution in [3.63, 3.8) is 0 Å². The highest BCUT2D eigenvalue weighted by Gasteiger charge is 2.48. The molecular formula is C16H21NO4. The summed E-state index contributed by atoms with van der Waals surface area (Å²) in [7, 11) is 1.38. The van der Waals surface area contributed by atoms with Crippen LogP contribution >= 0.6 is 0 Å². The molecule has 1 saturated carbocycles. The number of fused-ring (bicyclic) bond motifs is 1. The van der Waals surface area contributed by atoms with Gasteiger partial charge in [-0.25, -0.2) is 4.79 Å². The van der Waals surface area contributed by atoms with Crippen LogP contribution in [0.3, 0.4) is 0 Å². The zero-order valence-corrected chi connectivity index (χ0v) is 12.5. The van der Waals surface area contributed by atoms with Gasteiger partial charge in [0.1, 0.15) is 11.8 Å². The number of likely N-dealkylation sites (tertiary alicyclic amines) is 1. The molecular weight excluding hydrogens is 270 g/mol. The topological polar surface area (TPSA) is 59.8 Å². The summed E-state index contributed by atoms with van der Waals surface area (Å²) in [6, 6.07) is 3.12. The summed E-state index contributed by atoms with van der Waals surface area (Å²) in [4.78, 5) is 26.5. The number of nitrogens with zero attached hydrogens (tertiary/aromatic N) is 1. The van der Waals surface area contributed by atoms with Crippen LogP contribution in [0.2, 0.25) is 0 Å². The largest absolute Gasteiger partial charge is 0.467 e. The van der Waals surface area contributed by atoms with E-state index < -0.39 is 6.04 Å². The second-order valence-electron chi connectivity index (χ2n) is 6.01. The Bertz CT molecular complexity index is 550. The van der Waals surface area contributed by atoms with Crippen LogP contribution in [0, 0.1) is 12.8 Å². The van der Waals surface area contributed by atoms with Crippen molar-refractivity contribution in [2.75, 3.05) is 7.11 Å². The first kappa shape index (κ1) is 14.2. The summed E-state index contributed by atoms with van der Waals surface area (Å²) in [5, 5.41) is 0. The van der Waals surface area contributed by atoms with Crippen molar-refractivity contribution in [2.45, 2.75) is 51.1 Å². The van der Waals surface area contributed by atoms with Crippen LogP contribution in [0.25, 0.3) is 0 Å². The molecule has 0 N–H and O–H groups in total. The highest BCUT2D eigenvalue weighted by atomic mass is 16.5. The van der Waals surface area contributed by atoms with Gasteiger partial charge in [0, 0.05) is 6.04 Å². The van der Waals surface area contributed by atoms with E-state index in [-0.39, 0.29) is 17.9 Å². The van der Waals surface area contributed by atoms with Gasteiger partial charge in [-0.15, -0.1) is 0 Å². The molecule has 5 nitrogen and oxygen atoms in total. The summed E-state index contributed by atoms with van der Waals surface area (Å²) < 4.78 is 10.4. The van der Waals surface area contributed by atoms with Crippen molar-refractivity contribution >= 4 is 11.9 Å². The van der Waals surface area contributed by atoms with Gasteiger partial charge < -0.3 is 14.1 Å². The number of carbonyl (C=O) groups excluding carboxylic acids is 2. The van der Waals surface area contributed by atoms with Crippen LogP contribution in [-0.4, -0.2) is 36.0 Å². The number of rotatable bonds is 2. The van der Waals surface area contributed by atoms with Crippen molar-refractivity contribution in [1.82, 2.24) is 4.90 Å². The second-order valence-corrected chi connectivity index (χ2v) is 6.01. The minimum absolute atomic E-state index is 0.140. The third-order valence-electron chi connectivity index (χ3n) is 4.75. The van der Waals surface area contributed by atoms with Crippen LogP contribution in [-0.2, 0) is 9.53 Å². The lowest BCUT2D eigenvalue weighted by atomic mass is 9.84. The Morgan fingerprint density at radius 3 is 2.71 bits per heavy atom. The van der Waals surface area contributed by atoms with Gasteiger partial charge in [-0.2, -0.15) is 0 Å². The zero-order valence-electron chi connectivity index (χ0n) is 12.5. The number of hydrogen-bond acceptors (Lipinski definition) is 4. The molecule has 0 aromatic carbocycles. The number of esters is 1. The average molecular weight is 291 g/mol. The third kappa shape index (κ3) is 2.45. The molecule has 1 aliphatic heterocycles. The van der Waals surface area contributed by atoms with Gasteiger partial charge in [-0.3, -0.25) is 4.79 Å². The number of carbonyl (C=O) groups is 2. The molecule has 1 aromatic heterocycles. The fourth-order valence-corrected chi connectivity index (χ4v) is 3.78. The van der Waals surface area contributed by atoms with Gasteiger partial charge in [0.25, 0.3) is 5.91 Å². The number of hydrogen-bond donors (Lipinski definition) is 0. The lowest BCUT2D eigenvalue weighted by molar-refractivity contribution is -0.145. The highest BCUT2D eigenvalue weighted by Crippen LogP contribution is 2.40. The normalized spacial score (nSPS) is 28.3. The molecule has 0 unspecified atom stereocenters. The molecule has 3 rings (SSSR count). The van der Waals surface area contributed by atoms with E-state index in [1.54, 1.807) is 17.0 Å². The van der Waals surface area contributed by atoms with E-state index in [9.17, 15) is 9.59 Å². The maximum atomic E-state index is 12.8. The molecule has 1 amide bonds. The first-order valence-corrected chi connectivity index (χ1v) is 7.58. The number of aryl methyl sites for hydroxylation is 1. The molecule has 0 radical (unpaired) electrons. The van der Waals surface area contributed by atoms with Crippen molar-refractivity contribution in [3.8, 4) is 0 Å². The van der Waals surface area contributed by atoms with E-state index in [1.165, 1.54) is 13.5 Å². The first-order valence-electron chi connectivity index (χ1n) is 7.58. The molecule has 1 aliphatic carbocycles. The molecule has 3 atom stereocenters. The summed E-state index contributed by atoms with van der Waals surface area (Å²) in [5.74, 6) is 0.914. The Balaban J connectivity index is 1.90. The fraction of sp³-hybridized carbons (Fsp3) is 0.625. The minimum atomic E-state index is -0.471. The van der Waals surface area contributed by atoms with Crippen LogP contribution in [0.15, 0.2) is 16.5 Å². The van der Waals surface area contributed by atoms with E-state index in [4.69, 9.17) is 9.15 Å². The predicted molar refractivity (Wildman–Crippen MR) is 75.8 cm³/mol. The number of ether oxygens (including phenoxy) is 1. The van der Waals surface area contributed by atoms with E-state index >= 15 is 0 Å². The van der Waals surface area contributed by atoms with Gasteiger partial charge in [0.15, 0.2) is 5.76 Å². The summed E-state index contributed by atoms with van der Waals surface area (Å²) in [6.07, 6.45) is 5.04. The predicted octanol–water partition coefficient (Wildman–Crippen LogP) is 2.53. The van der Waals surface area contributed by atoms with Crippen LogP contribution in [0.1, 0.15) is 48.4 Å². The molecule has 114 valence electrons. The van der Waals surface area contributed by atoms with Crippen molar-refractivity contribution in [3.05, 3.63) is 23.7 Å². The monoisotopic (exact) mass is 291 g/mol. The van der Waals surface area contributed by atoms with Gasteiger partial charge in [-0.05, 0) is 44.2 Å². The molecule has 2 aliphatic rings. The number of furan rings is 1. The molecule has 1 saturated heterocycles. The maximum absolute atomic E-state index is 12.8. The Kier molecular flexibility index (Phi) is 3.74. The Hall–Kier alpha value is -1.78. The quantitative estimate of drug-likeness (QED) is 0.786. The lowest BCUT2D eigenvalue weighted by Crippen LogP contribution is -2.46. The average Bonchev–Trinajstić information content (AvgIpc) is 3.09. The zero-order chi connectivity index (χ0) is 15.0. The summed E-state index contributed by atoms with van der Waals surface area (Å²) in [5.41, 5.74) is 0. The van der Waals surface area contributed by atoms with Gasteiger partial charge >= 0.3 is 5.97 Å². The summed E-state index contributed by atoms with van der Waals surface area (Å²) >= 11 is 0. The second kappa shape index (κ2) is 5.54. The summed E-state index contributed by atoms with van der Waals surface area (Å²) in [6.45, 7) is 1.81. The van der Waals surface area contributed by atoms with Gasteiger partial charge in [-0.1, -0.05) is 12.8 Å². The van der Waals surface area contributed by atoms with Crippen molar-refractivity contribution < 1.29 is 18.7 Å². The highest BCUT2D eigenvalue weighted by molar-refractivity contribution is 5.95. The number of methoxy groups -OCH3 is 1. The first-order chi connectivity index (χ1) is 10.1. The molecule has 0 spiro atoms. The van der Waals surface area contributed by atoms with Gasteiger partial charge in [0.05, 0.1) is 7.11 Å². The van der Waals surface area contributed by atoms with E-state index in [0.29, 0.717) is 23.9 Å². The van der Waals surface area contributed by atoms with Crippen molar-refractivity contribution in [2.24, 2.45) is 5.92 Å². The number of amides is 1.